The van der Waals surface area contributed by atoms with Crippen molar-refractivity contribution < 1.29 is 19.1 Å². The summed E-state index contributed by atoms with van der Waals surface area (Å²) in [7, 11) is 0. The summed E-state index contributed by atoms with van der Waals surface area (Å²) >= 11 is 7.15. The first-order valence-electron chi connectivity index (χ1n) is 6.75. The maximum atomic E-state index is 12.0. The number of ketones is 1. The highest BCUT2D eigenvalue weighted by atomic mass is 35.5. The van der Waals surface area contributed by atoms with E-state index in [-0.39, 0.29) is 28.9 Å². The third kappa shape index (κ3) is 4.91. The van der Waals surface area contributed by atoms with Crippen molar-refractivity contribution in [3.63, 3.8) is 0 Å². The summed E-state index contributed by atoms with van der Waals surface area (Å²) in [6, 6.07) is 9.88. The average molecular weight is 352 g/mol. The number of amides is 1. The molecule has 1 N–H and O–H groups in total. The van der Waals surface area contributed by atoms with Crippen LogP contribution < -0.4 is 5.32 Å². The molecule has 1 amide bonds. The number of rotatable bonds is 6. The lowest BCUT2D eigenvalue weighted by Gasteiger charge is -2.04. The lowest BCUT2D eigenvalue weighted by atomic mass is 10.2. The van der Waals surface area contributed by atoms with E-state index in [0.29, 0.717) is 11.4 Å². The molecule has 2 aromatic rings. The Labute approximate surface area is 142 Å². The van der Waals surface area contributed by atoms with Crippen molar-refractivity contribution in [1.29, 1.82) is 0 Å². The Morgan fingerprint density at radius 2 is 1.91 bits per heavy atom. The molecule has 120 valence electrons. The van der Waals surface area contributed by atoms with E-state index in [2.05, 4.69) is 5.32 Å². The Balaban J connectivity index is 1.91. The highest BCUT2D eigenvalue weighted by Crippen LogP contribution is 2.18. The molecule has 0 aliphatic heterocycles. The second-order valence-corrected chi connectivity index (χ2v) is 6.23. The van der Waals surface area contributed by atoms with Gasteiger partial charge in [0.2, 0.25) is 11.7 Å². The molecule has 5 nitrogen and oxygen atoms in total. The van der Waals surface area contributed by atoms with Crippen LogP contribution in [0.25, 0.3) is 0 Å². The van der Waals surface area contributed by atoms with E-state index in [1.165, 1.54) is 24.3 Å². The zero-order chi connectivity index (χ0) is 16.8. The third-order valence-electron chi connectivity index (χ3n) is 2.88. The molecule has 0 aliphatic carbocycles. The quantitative estimate of drug-likeness (QED) is 0.641. The molecule has 23 heavy (non-hydrogen) atoms. The maximum Gasteiger partial charge on any atom is 0.340 e. The van der Waals surface area contributed by atoms with Gasteiger partial charge >= 0.3 is 5.97 Å². The molecule has 0 aliphatic rings. The summed E-state index contributed by atoms with van der Waals surface area (Å²) in [4.78, 5) is 36.1. The molecule has 1 heterocycles. The first-order valence-corrected chi connectivity index (χ1v) is 7.95. The summed E-state index contributed by atoms with van der Waals surface area (Å²) < 4.78 is 5.00. The minimum atomic E-state index is -0.640. The van der Waals surface area contributed by atoms with Crippen LogP contribution in [-0.4, -0.2) is 24.3 Å². The number of halogens is 1. The standard InChI is InChI=1S/C16H14ClNO4S/c1-10(19)18-8-11-6-7-15(23-11)14(20)9-22-16(21)12-4-2-3-5-13(12)17/h2-7H,8-9H2,1H3,(H,18,19). The number of hydrogen-bond donors (Lipinski definition) is 1. The minimum absolute atomic E-state index is 0.139. The van der Waals surface area contributed by atoms with Gasteiger partial charge in [-0.2, -0.15) is 0 Å². The molecule has 2 rings (SSSR count). The Kier molecular flexibility index (Phi) is 5.90. The Morgan fingerprint density at radius 1 is 1.17 bits per heavy atom. The fourth-order valence-electron chi connectivity index (χ4n) is 1.74. The van der Waals surface area contributed by atoms with Crippen LogP contribution in [0.4, 0.5) is 0 Å². The highest BCUT2D eigenvalue weighted by molar-refractivity contribution is 7.14. The summed E-state index contributed by atoms with van der Waals surface area (Å²) in [5.41, 5.74) is 0.222. The molecule has 0 saturated carbocycles. The topological polar surface area (TPSA) is 72.5 Å². The fraction of sp³-hybridized carbons (Fsp3) is 0.188. The monoisotopic (exact) mass is 351 g/mol. The van der Waals surface area contributed by atoms with Gasteiger partial charge in [0.05, 0.1) is 22.0 Å². The lowest BCUT2D eigenvalue weighted by molar-refractivity contribution is -0.119. The number of ether oxygens (including phenoxy) is 1. The van der Waals surface area contributed by atoms with Gasteiger partial charge in [-0.05, 0) is 24.3 Å². The van der Waals surface area contributed by atoms with Gasteiger partial charge in [-0.25, -0.2) is 4.79 Å². The lowest BCUT2D eigenvalue weighted by Crippen LogP contribution is -2.18. The number of Topliss-reactive ketones (excluding diaryl/α,β-unsaturated/α-hetero) is 1. The van der Waals surface area contributed by atoms with Crippen molar-refractivity contribution in [1.82, 2.24) is 5.32 Å². The molecule has 0 spiro atoms. The van der Waals surface area contributed by atoms with E-state index in [1.807, 2.05) is 0 Å². The predicted molar refractivity (Wildman–Crippen MR) is 87.9 cm³/mol. The Morgan fingerprint density at radius 3 is 2.61 bits per heavy atom. The van der Waals surface area contributed by atoms with Crippen molar-refractivity contribution in [3.05, 3.63) is 56.7 Å². The van der Waals surface area contributed by atoms with Crippen LogP contribution in [0.3, 0.4) is 0 Å². The number of nitrogens with one attached hydrogen (secondary N) is 1. The molecule has 0 saturated heterocycles. The molecule has 0 unspecified atom stereocenters. The van der Waals surface area contributed by atoms with E-state index in [0.717, 1.165) is 4.88 Å². The summed E-state index contributed by atoms with van der Waals surface area (Å²) in [5.74, 6) is -1.08. The van der Waals surface area contributed by atoms with Crippen LogP contribution in [0.15, 0.2) is 36.4 Å². The van der Waals surface area contributed by atoms with Gasteiger partial charge < -0.3 is 10.1 Å². The van der Waals surface area contributed by atoms with E-state index >= 15 is 0 Å². The van der Waals surface area contributed by atoms with Crippen LogP contribution in [0, 0.1) is 0 Å². The number of esters is 1. The maximum absolute atomic E-state index is 12.0. The molecule has 0 fully saturated rings. The SMILES string of the molecule is CC(=O)NCc1ccc(C(=O)COC(=O)c2ccccc2Cl)s1. The van der Waals surface area contributed by atoms with Gasteiger partial charge in [0, 0.05) is 11.8 Å². The van der Waals surface area contributed by atoms with E-state index in [1.54, 1.807) is 30.3 Å². The molecule has 1 aromatic carbocycles. The van der Waals surface area contributed by atoms with Crippen molar-refractivity contribution >= 4 is 40.6 Å². The molecule has 0 bridgehead atoms. The van der Waals surface area contributed by atoms with Gasteiger partial charge in [-0.3, -0.25) is 9.59 Å². The Bertz CT molecular complexity index is 741. The third-order valence-corrected chi connectivity index (χ3v) is 4.33. The van der Waals surface area contributed by atoms with Gasteiger partial charge in [0.15, 0.2) is 6.61 Å². The van der Waals surface area contributed by atoms with Gasteiger partial charge in [0.25, 0.3) is 0 Å². The average Bonchev–Trinajstić information content (AvgIpc) is 3.00. The number of carbonyl (C=O) groups is 3. The summed E-state index contributed by atoms with van der Waals surface area (Å²) in [6.07, 6.45) is 0. The largest absolute Gasteiger partial charge is 0.454 e. The number of hydrogen-bond acceptors (Lipinski definition) is 5. The highest BCUT2D eigenvalue weighted by Gasteiger charge is 2.15. The van der Waals surface area contributed by atoms with E-state index < -0.39 is 5.97 Å². The molecular formula is C16H14ClNO4S. The zero-order valence-electron chi connectivity index (χ0n) is 12.3. The van der Waals surface area contributed by atoms with E-state index in [9.17, 15) is 14.4 Å². The van der Waals surface area contributed by atoms with Crippen molar-refractivity contribution in [2.45, 2.75) is 13.5 Å². The summed E-state index contributed by atoms with van der Waals surface area (Å²) in [6.45, 7) is 1.44. The fourth-order valence-corrected chi connectivity index (χ4v) is 2.83. The molecule has 7 heteroatoms. The molecule has 0 atom stereocenters. The van der Waals surface area contributed by atoms with Crippen LogP contribution in [0.1, 0.15) is 31.8 Å². The number of thiophene rings is 1. The van der Waals surface area contributed by atoms with Crippen LogP contribution >= 0.6 is 22.9 Å². The van der Waals surface area contributed by atoms with Crippen LogP contribution in [0.5, 0.6) is 0 Å². The molecular weight excluding hydrogens is 338 g/mol. The van der Waals surface area contributed by atoms with E-state index in [4.69, 9.17) is 16.3 Å². The van der Waals surface area contributed by atoms with Crippen LogP contribution in [0.2, 0.25) is 5.02 Å². The van der Waals surface area contributed by atoms with Crippen molar-refractivity contribution in [2.24, 2.45) is 0 Å². The molecule has 1 aromatic heterocycles. The van der Waals surface area contributed by atoms with Crippen molar-refractivity contribution in [3.8, 4) is 0 Å². The smallest absolute Gasteiger partial charge is 0.340 e. The molecule has 0 radical (unpaired) electrons. The second-order valence-electron chi connectivity index (χ2n) is 4.65. The predicted octanol–water partition coefficient (Wildman–Crippen LogP) is 3.08. The summed E-state index contributed by atoms with van der Waals surface area (Å²) in [5, 5.41) is 2.93. The minimum Gasteiger partial charge on any atom is -0.454 e. The van der Waals surface area contributed by atoms with Crippen LogP contribution in [-0.2, 0) is 16.1 Å². The van der Waals surface area contributed by atoms with Crippen molar-refractivity contribution in [2.75, 3.05) is 6.61 Å². The number of carbonyl (C=O) groups excluding carboxylic acids is 3. The second kappa shape index (κ2) is 7.89. The first kappa shape index (κ1) is 17.2. The zero-order valence-corrected chi connectivity index (χ0v) is 13.9. The van der Waals surface area contributed by atoms with Gasteiger partial charge in [0.1, 0.15) is 0 Å². The Hall–Kier alpha value is -2.18. The first-order chi connectivity index (χ1) is 11.0. The van der Waals surface area contributed by atoms with Gasteiger partial charge in [-0.1, -0.05) is 23.7 Å². The normalized spacial score (nSPS) is 10.2. The number of benzene rings is 1. The van der Waals surface area contributed by atoms with Gasteiger partial charge in [-0.15, -0.1) is 11.3 Å².